The maximum absolute atomic E-state index is 4.74. The van der Waals surface area contributed by atoms with E-state index in [1.807, 2.05) is 22.9 Å². The zero-order valence-corrected chi connectivity index (χ0v) is 15.3. The van der Waals surface area contributed by atoms with Crippen molar-refractivity contribution in [3.63, 3.8) is 0 Å². The molecule has 3 aromatic rings. The van der Waals surface area contributed by atoms with Crippen molar-refractivity contribution in [2.45, 2.75) is 52.4 Å². The molecule has 0 aliphatic heterocycles. The van der Waals surface area contributed by atoms with Gasteiger partial charge in [-0.25, -0.2) is 4.57 Å². The number of fused-ring (bicyclic) bond motifs is 1. The van der Waals surface area contributed by atoms with E-state index in [1.165, 1.54) is 5.39 Å². The summed E-state index contributed by atoms with van der Waals surface area (Å²) in [6, 6.07) is 10.4. The fourth-order valence-corrected chi connectivity index (χ4v) is 2.41. The first kappa shape index (κ1) is 16.5. The average Bonchev–Trinajstić information content (AvgIpc) is 2.52. The molecule has 0 bridgehead atoms. The zero-order chi connectivity index (χ0) is 17.5. The molecule has 0 aliphatic rings. The van der Waals surface area contributed by atoms with Gasteiger partial charge < -0.3 is 0 Å². The summed E-state index contributed by atoms with van der Waals surface area (Å²) in [5, 5.41) is 2.37. The van der Waals surface area contributed by atoms with Crippen molar-refractivity contribution in [3.05, 3.63) is 54.4 Å². The van der Waals surface area contributed by atoms with Crippen molar-refractivity contribution in [2.75, 3.05) is 0 Å². The maximum atomic E-state index is 4.74. The quantitative estimate of drug-likeness (QED) is 0.638. The van der Waals surface area contributed by atoms with Crippen LogP contribution in [-0.2, 0) is 10.8 Å². The van der Waals surface area contributed by atoms with Gasteiger partial charge in [0.2, 0.25) is 11.6 Å². The highest BCUT2D eigenvalue weighted by Crippen LogP contribution is 2.23. The number of hydrogen-bond donors (Lipinski definition) is 0. The van der Waals surface area contributed by atoms with E-state index >= 15 is 0 Å². The molecule has 0 aliphatic carbocycles. The van der Waals surface area contributed by atoms with Crippen LogP contribution in [0.1, 0.15) is 53.2 Å². The van der Waals surface area contributed by atoms with E-state index in [1.54, 1.807) is 0 Å². The first-order valence-corrected chi connectivity index (χ1v) is 8.32. The van der Waals surface area contributed by atoms with Gasteiger partial charge in [-0.2, -0.15) is 4.98 Å². The number of benzene rings is 1. The van der Waals surface area contributed by atoms with Gasteiger partial charge in [0, 0.05) is 16.2 Å². The summed E-state index contributed by atoms with van der Waals surface area (Å²) < 4.78 is 1.98. The van der Waals surface area contributed by atoms with E-state index in [2.05, 4.69) is 65.9 Å². The molecule has 4 nitrogen and oxygen atoms in total. The Morgan fingerprint density at radius 3 is 1.79 bits per heavy atom. The van der Waals surface area contributed by atoms with Gasteiger partial charge >= 0.3 is 5.95 Å². The van der Waals surface area contributed by atoms with Crippen molar-refractivity contribution in [3.8, 4) is 5.95 Å². The molecule has 3 rings (SSSR count). The molecule has 0 radical (unpaired) electrons. The van der Waals surface area contributed by atoms with Crippen LogP contribution in [0.15, 0.2) is 42.7 Å². The lowest BCUT2D eigenvalue weighted by Gasteiger charge is -2.18. The van der Waals surface area contributed by atoms with Gasteiger partial charge in [-0.1, -0.05) is 75.8 Å². The van der Waals surface area contributed by atoms with Crippen LogP contribution in [0.4, 0.5) is 0 Å². The third kappa shape index (κ3) is 3.28. The minimum absolute atomic E-state index is 0.130. The summed E-state index contributed by atoms with van der Waals surface area (Å²) in [7, 11) is 0. The van der Waals surface area contributed by atoms with E-state index < -0.39 is 0 Å². The Morgan fingerprint density at radius 1 is 0.708 bits per heavy atom. The molecule has 0 atom stereocenters. The molecule has 24 heavy (non-hydrogen) atoms. The van der Waals surface area contributed by atoms with Crippen molar-refractivity contribution in [1.82, 2.24) is 15.0 Å². The largest absolute Gasteiger partial charge is 0.441 e. The average molecular weight is 321 g/mol. The van der Waals surface area contributed by atoms with Crippen LogP contribution in [0.3, 0.4) is 0 Å². The van der Waals surface area contributed by atoms with Crippen LogP contribution < -0.4 is 4.57 Å². The molecule has 0 amide bonds. The molecule has 2 aromatic heterocycles. The highest BCUT2D eigenvalue weighted by Gasteiger charge is 2.31. The van der Waals surface area contributed by atoms with Gasteiger partial charge in [0.05, 0.1) is 12.4 Å². The monoisotopic (exact) mass is 321 g/mol. The summed E-state index contributed by atoms with van der Waals surface area (Å²) in [5.74, 6) is 2.31. The topological polar surface area (TPSA) is 42.5 Å². The lowest BCUT2D eigenvalue weighted by atomic mass is 9.93. The lowest BCUT2D eigenvalue weighted by molar-refractivity contribution is -0.602. The third-order valence-electron chi connectivity index (χ3n) is 3.89. The molecular weight excluding hydrogens is 296 g/mol. The highest BCUT2D eigenvalue weighted by molar-refractivity contribution is 5.80. The standard InChI is InChI=1S/C20H25N4/c1-19(2,3)16-21-17(20(4,5)6)23-18(22-16)24-12-11-14-9-7-8-10-15(14)13-24/h7-13H,1-6H3/q+1. The Bertz CT molecular complexity index is 854. The van der Waals surface area contributed by atoms with E-state index in [0.29, 0.717) is 5.95 Å². The summed E-state index contributed by atoms with van der Waals surface area (Å²) in [5.41, 5.74) is -0.260. The molecule has 0 saturated carbocycles. The summed E-state index contributed by atoms with van der Waals surface area (Å²) in [6.45, 7) is 12.8. The predicted molar refractivity (Wildman–Crippen MR) is 96.3 cm³/mol. The third-order valence-corrected chi connectivity index (χ3v) is 3.89. The van der Waals surface area contributed by atoms with Crippen molar-refractivity contribution < 1.29 is 4.57 Å². The van der Waals surface area contributed by atoms with Gasteiger partial charge in [0.1, 0.15) is 0 Å². The molecule has 0 spiro atoms. The van der Waals surface area contributed by atoms with Gasteiger partial charge in [0.15, 0.2) is 0 Å². The first-order chi connectivity index (χ1) is 11.1. The fourth-order valence-electron chi connectivity index (χ4n) is 2.41. The predicted octanol–water partition coefficient (Wildman–Crippen LogP) is 3.90. The van der Waals surface area contributed by atoms with E-state index in [0.717, 1.165) is 17.0 Å². The molecule has 0 fully saturated rings. The van der Waals surface area contributed by atoms with Gasteiger partial charge in [-0.15, -0.1) is 0 Å². The Morgan fingerprint density at radius 2 is 1.25 bits per heavy atom. The first-order valence-electron chi connectivity index (χ1n) is 8.32. The summed E-state index contributed by atoms with van der Waals surface area (Å²) >= 11 is 0. The number of aromatic nitrogens is 4. The summed E-state index contributed by atoms with van der Waals surface area (Å²) in [4.78, 5) is 14.2. The molecular formula is C20H25N4+. The minimum Gasteiger partial charge on any atom is -0.205 e. The fraction of sp³-hybridized carbons (Fsp3) is 0.400. The van der Waals surface area contributed by atoms with Gasteiger partial charge in [-0.3, -0.25) is 0 Å². The molecule has 1 aromatic carbocycles. The second-order valence-electron chi connectivity index (χ2n) is 8.26. The Labute approximate surface area is 143 Å². The number of hydrogen-bond acceptors (Lipinski definition) is 3. The van der Waals surface area contributed by atoms with E-state index in [9.17, 15) is 0 Å². The smallest absolute Gasteiger partial charge is 0.205 e. The van der Waals surface area contributed by atoms with E-state index in [-0.39, 0.29) is 10.8 Å². The second kappa shape index (κ2) is 5.62. The Kier molecular flexibility index (Phi) is 3.86. The maximum Gasteiger partial charge on any atom is 0.441 e. The lowest BCUT2D eigenvalue weighted by Crippen LogP contribution is -2.36. The van der Waals surface area contributed by atoms with Crippen LogP contribution in [0.25, 0.3) is 16.7 Å². The van der Waals surface area contributed by atoms with Crippen LogP contribution in [0.2, 0.25) is 0 Å². The Balaban J connectivity index is 2.21. The molecule has 0 N–H and O–H groups in total. The molecule has 124 valence electrons. The van der Waals surface area contributed by atoms with Gasteiger partial charge in [0.25, 0.3) is 0 Å². The molecule has 0 unspecified atom stereocenters. The van der Waals surface area contributed by atoms with Gasteiger partial charge in [-0.05, 0) is 11.5 Å². The number of pyridine rings is 1. The van der Waals surface area contributed by atoms with Crippen LogP contribution in [-0.4, -0.2) is 15.0 Å². The minimum atomic E-state index is -0.130. The van der Waals surface area contributed by atoms with Crippen LogP contribution in [0, 0.1) is 0 Å². The SMILES string of the molecule is CC(C)(C)c1nc(-[n+]2ccc3ccccc3c2)nc(C(C)(C)C)n1. The van der Waals surface area contributed by atoms with Crippen LogP contribution in [0.5, 0.6) is 0 Å². The normalized spacial score (nSPS) is 12.6. The highest BCUT2D eigenvalue weighted by atomic mass is 15.2. The van der Waals surface area contributed by atoms with E-state index in [4.69, 9.17) is 15.0 Å². The number of nitrogens with zero attached hydrogens (tertiary/aromatic N) is 4. The summed E-state index contributed by atoms with van der Waals surface area (Å²) in [6.07, 6.45) is 4.08. The van der Waals surface area contributed by atoms with Crippen molar-refractivity contribution in [2.24, 2.45) is 0 Å². The molecule has 2 heterocycles. The van der Waals surface area contributed by atoms with Crippen molar-refractivity contribution in [1.29, 1.82) is 0 Å². The number of rotatable bonds is 1. The second-order valence-corrected chi connectivity index (χ2v) is 8.26. The van der Waals surface area contributed by atoms with Crippen LogP contribution >= 0.6 is 0 Å². The Hall–Kier alpha value is -2.36. The van der Waals surface area contributed by atoms with Crippen molar-refractivity contribution >= 4 is 10.8 Å². The molecule has 0 saturated heterocycles. The molecule has 4 heteroatoms. The zero-order valence-electron chi connectivity index (χ0n) is 15.3.